The van der Waals surface area contributed by atoms with Gasteiger partial charge in [-0.05, 0) is 43.5 Å². The topological polar surface area (TPSA) is 66.8 Å². The van der Waals surface area contributed by atoms with Gasteiger partial charge in [-0.25, -0.2) is 8.42 Å². The Balaban J connectivity index is 1.98. The summed E-state index contributed by atoms with van der Waals surface area (Å²) in [5.74, 6) is 0.160. The molecule has 0 aliphatic carbocycles. The van der Waals surface area contributed by atoms with Crippen molar-refractivity contribution in [3.63, 3.8) is 0 Å². The third-order valence-corrected chi connectivity index (χ3v) is 7.73. The van der Waals surface area contributed by atoms with Crippen LogP contribution in [0.1, 0.15) is 37.3 Å². The number of amides is 1. The number of aryl methyl sites for hydroxylation is 2. The zero-order valence-electron chi connectivity index (χ0n) is 14.9. The molecule has 1 amide bonds. The summed E-state index contributed by atoms with van der Waals surface area (Å²) in [5.41, 5.74) is 3.15. The average Bonchev–Trinajstić information content (AvgIpc) is 2.94. The Morgan fingerprint density at radius 3 is 2.56 bits per heavy atom. The number of anilines is 1. The highest BCUT2D eigenvalue weighted by molar-refractivity contribution is 8.16. The van der Waals surface area contributed by atoms with Crippen molar-refractivity contribution in [3.05, 3.63) is 29.3 Å². The second-order valence-electron chi connectivity index (χ2n) is 6.91. The number of carbonyl (C=O) groups excluding carboxylic acids is 1. The van der Waals surface area contributed by atoms with Gasteiger partial charge in [0.05, 0.1) is 17.5 Å². The van der Waals surface area contributed by atoms with Gasteiger partial charge < -0.3 is 4.90 Å². The number of thioether (sulfide) groups is 1. The molecule has 136 valence electrons. The molecule has 1 aromatic carbocycles. The van der Waals surface area contributed by atoms with Crippen LogP contribution in [-0.2, 0) is 14.6 Å². The molecule has 7 heteroatoms. The highest BCUT2D eigenvalue weighted by Crippen LogP contribution is 2.41. The number of rotatable bonds is 4. The molecule has 0 bridgehead atoms. The van der Waals surface area contributed by atoms with Crippen LogP contribution in [0.3, 0.4) is 0 Å². The average molecular weight is 381 g/mol. The molecule has 2 heterocycles. The van der Waals surface area contributed by atoms with Gasteiger partial charge in [-0.3, -0.25) is 4.79 Å². The quantitative estimate of drug-likeness (QED) is 0.803. The van der Waals surface area contributed by atoms with Crippen LogP contribution < -0.4 is 4.90 Å². The van der Waals surface area contributed by atoms with Gasteiger partial charge in [-0.1, -0.05) is 31.2 Å². The minimum absolute atomic E-state index is 0.0523. The van der Waals surface area contributed by atoms with Crippen LogP contribution >= 0.6 is 11.8 Å². The molecule has 3 rings (SSSR count). The highest BCUT2D eigenvalue weighted by Gasteiger charge is 2.49. The molecule has 0 N–H and O–H groups in total. The summed E-state index contributed by atoms with van der Waals surface area (Å²) in [5, 5.41) is 0.597. The lowest BCUT2D eigenvalue weighted by molar-refractivity contribution is -0.117. The maximum absolute atomic E-state index is 12.2. The Bertz CT molecular complexity index is 797. The number of benzene rings is 1. The van der Waals surface area contributed by atoms with Gasteiger partial charge >= 0.3 is 0 Å². The lowest BCUT2D eigenvalue weighted by Gasteiger charge is -2.25. The fourth-order valence-corrected chi connectivity index (χ4v) is 7.38. The molecule has 2 saturated heterocycles. The molecule has 2 aliphatic rings. The molecule has 2 aliphatic heterocycles. The molecule has 25 heavy (non-hydrogen) atoms. The van der Waals surface area contributed by atoms with Gasteiger partial charge in [0, 0.05) is 17.4 Å². The van der Waals surface area contributed by atoms with E-state index < -0.39 is 9.84 Å². The van der Waals surface area contributed by atoms with Crippen LogP contribution in [0.2, 0.25) is 0 Å². The Morgan fingerprint density at radius 1 is 1.24 bits per heavy atom. The maximum atomic E-state index is 12.2. The molecule has 1 aromatic rings. The summed E-state index contributed by atoms with van der Waals surface area (Å²) < 4.78 is 24.2. The van der Waals surface area contributed by atoms with Crippen molar-refractivity contribution in [2.24, 2.45) is 4.99 Å². The van der Waals surface area contributed by atoms with Crippen LogP contribution in [0.4, 0.5) is 5.69 Å². The van der Waals surface area contributed by atoms with E-state index in [1.807, 2.05) is 37.8 Å². The van der Waals surface area contributed by atoms with E-state index in [1.165, 1.54) is 11.8 Å². The number of hydrogen-bond donors (Lipinski definition) is 0. The molecule has 0 saturated carbocycles. The highest BCUT2D eigenvalue weighted by atomic mass is 32.2. The van der Waals surface area contributed by atoms with E-state index in [1.54, 1.807) is 0 Å². The fraction of sp³-hybridized carbons (Fsp3) is 0.556. The largest absolute Gasteiger partial charge is 0.316 e. The molecular formula is C18H24N2O3S2. The van der Waals surface area contributed by atoms with E-state index in [0.717, 1.165) is 29.7 Å². The third-order valence-electron chi connectivity index (χ3n) is 4.52. The molecular weight excluding hydrogens is 356 g/mol. The predicted octanol–water partition coefficient (Wildman–Crippen LogP) is 3.10. The van der Waals surface area contributed by atoms with Gasteiger partial charge in [0.2, 0.25) is 5.91 Å². The minimum atomic E-state index is -3.04. The number of nitrogens with zero attached hydrogens (tertiary/aromatic N) is 2. The zero-order chi connectivity index (χ0) is 18.2. The molecule has 5 nitrogen and oxygen atoms in total. The third kappa shape index (κ3) is 4.08. The molecule has 0 unspecified atom stereocenters. The van der Waals surface area contributed by atoms with Gasteiger partial charge in [0.25, 0.3) is 0 Å². The SMILES string of the molecule is CCCCC(=O)N=C1S[C@@H]2CS(=O)(=O)C[C@@H]2N1c1cc(C)cc(C)c1. The first-order valence-corrected chi connectivity index (χ1v) is 11.4. The first-order valence-electron chi connectivity index (χ1n) is 8.65. The molecule has 2 fully saturated rings. The zero-order valence-corrected chi connectivity index (χ0v) is 16.5. The van der Waals surface area contributed by atoms with E-state index in [9.17, 15) is 13.2 Å². The van der Waals surface area contributed by atoms with Crippen molar-refractivity contribution in [1.82, 2.24) is 0 Å². The van der Waals surface area contributed by atoms with Crippen molar-refractivity contribution < 1.29 is 13.2 Å². The van der Waals surface area contributed by atoms with Crippen molar-refractivity contribution in [1.29, 1.82) is 0 Å². The van der Waals surface area contributed by atoms with Crippen molar-refractivity contribution in [3.8, 4) is 0 Å². The van der Waals surface area contributed by atoms with Crippen LogP contribution in [0.15, 0.2) is 23.2 Å². The van der Waals surface area contributed by atoms with Gasteiger partial charge in [0.15, 0.2) is 15.0 Å². The second kappa shape index (κ2) is 7.11. The molecule has 0 spiro atoms. The van der Waals surface area contributed by atoms with E-state index >= 15 is 0 Å². The monoisotopic (exact) mass is 380 g/mol. The van der Waals surface area contributed by atoms with E-state index in [-0.39, 0.29) is 28.7 Å². The van der Waals surface area contributed by atoms with E-state index in [0.29, 0.717) is 11.6 Å². The second-order valence-corrected chi connectivity index (χ2v) is 10.3. The molecule has 0 radical (unpaired) electrons. The Labute approximate surface area is 153 Å². The Morgan fingerprint density at radius 2 is 1.92 bits per heavy atom. The first kappa shape index (κ1) is 18.5. The molecule has 2 atom stereocenters. The van der Waals surface area contributed by atoms with Crippen LogP contribution in [0.5, 0.6) is 0 Å². The lowest BCUT2D eigenvalue weighted by atomic mass is 10.1. The maximum Gasteiger partial charge on any atom is 0.248 e. The fourth-order valence-electron chi connectivity index (χ4n) is 3.45. The van der Waals surface area contributed by atoms with Crippen LogP contribution in [0, 0.1) is 13.8 Å². The minimum Gasteiger partial charge on any atom is -0.316 e. The summed E-state index contributed by atoms with van der Waals surface area (Å²) >= 11 is 1.44. The van der Waals surface area contributed by atoms with Crippen LogP contribution in [0.25, 0.3) is 0 Å². The standard InChI is InChI=1S/C18H24N2O3S2/c1-4-5-6-17(21)19-18-20(14-8-12(2)7-13(3)9-14)15-10-25(22,23)11-16(15)24-18/h7-9,15-16H,4-6,10-11H2,1-3H3/t15-,16+/m0/s1. The normalized spacial score (nSPS) is 26.2. The lowest BCUT2D eigenvalue weighted by Crippen LogP contribution is -2.37. The number of unbranched alkanes of at least 4 members (excludes halogenated alkanes) is 1. The number of carbonyl (C=O) groups is 1. The summed E-state index contributed by atoms with van der Waals surface area (Å²) in [6, 6.07) is 6.01. The van der Waals surface area contributed by atoms with Gasteiger partial charge in [-0.15, -0.1) is 0 Å². The van der Waals surface area contributed by atoms with Gasteiger partial charge in [0.1, 0.15) is 0 Å². The Hall–Kier alpha value is -1.34. The number of aliphatic imine (C=N–C) groups is 1. The summed E-state index contributed by atoms with van der Waals surface area (Å²) in [6.07, 6.45) is 2.22. The Kier molecular flexibility index (Phi) is 5.25. The smallest absolute Gasteiger partial charge is 0.248 e. The predicted molar refractivity (Wildman–Crippen MR) is 104 cm³/mol. The van der Waals surface area contributed by atoms with Crippen LogP contribution in [-0.4, -0.2) is 42.3 Å². The molecule has 0 aromatic heterocycles. The van der Waals surface area contributed by atoms with Crippen molar-refractivity contribution in [2.75, 3.05) is 16.4 Å². The van der Waals surface area contributed by atoms with Gasteiger partial charge in [-0.2, -0.15) is 4.99 Å². The number of sulfone groups is 1. The summed E-state index contributed by atoms with van der Waals surface area (Å²) in [7, 11) is -3.04. The first-order chi connectivity index (χ1) is 11.8. The van der Waals surface area contributed by atoms with Crippen molar-refractivity contribution in [2.45, 2.75) is 51.3 Å². The van der Waals surface area contributed by atoms with Crippen molar-refractivity contribution >= 4 is 38.4 Å². The number of fused-ring (bicyclic) bond motifs is 1. The number of amidine groups is 1. The summed E-state index contributed by atoms with van der Waals surface area (Å²) in [6.45, 7) is 6.08. The van der Waals surface area contributed by atoms with E-state index in [2.05, 4.69) is 11.1 Å². The number of hydrogen-bond acceptors (Lipinski definition) is 4. The van der Waals surface area contributed by atoms with E-state index in [4.69, 9.17) is 0 Å². The summed E-state index contributed by atoms with van der Waals surface area (Å²) in [4.78, 5) is 18.5.